The molecule has 1 aromatic heterocycles. The van der Waals surface area contributed by atoms with Crippen molar-refractivity contribution in [1.82, 2.24) is 19.7 Å². The van der Waals surface area contributed by atoms with Crippen LogP contribution in [0, 0.1) is 5.92 Å². The Morgan fingerprint density at radius 3 is 2.09 bits per heavy atom. The maximum Gasteiger partial charge on any atom is 0.232 e. The van der Waals surface area contributed by atoms with Crippen molar-refractivity contribution in [3.05, 3.63) is 106 Å². The topological polar surface area (TPSA) is 85.7 Å². The normalized spacial score (nSPS) is 18.5. The lowest BCUT2D eigenvalue weighted by atomic mass is 9.64. The van der Waals surface area contributed by atoms with Crippen LogP contribution in [0.4, 0.5) is 0 Å². The van der Waals surface area contributed by atoms with Gasteiger partial charge in [-0.2, -0.15) is 0 Å². The van der Waals surface area contributed by atoms with Gasteiger partial charge in [-0.25, -0.2) is 0 Å². The maximum absolute atomic E-state index is 13.3. The molecule has 0 bridgehead atoms. The van der Waals surface area contributed by atoms with E-state index in [2.05, 4.69) is 57.8 Å². The molecule has 0 saturated carbocycles. The van der Waals surface area contributed by atoms with Crippen LogP contribution in [-0.2, 0) is 16.8 Å². The Labute approximate surface area is 276 Å². The average Bonchev–Trinajstić information content (AvgIpc) is 3.54. The van der Waals surface area contributed by atoms with Crippen molar-refractivity contribution in [3.63, 3.8) is 0 Å². The van der Waals surface area contributed by atoms with E-state index in [0.717, 1.165) is 62.4 Å². The molecule has 3 heterocycles. The van der Waals surface area contributed by atoms with E-state index >= 15 is 0 Å². The van der Waals surface area contributed by atoms with Crippen molar-refractivity contribution in [2.75, 3.05) is 39.3 Å². The smallest absolute Gasteiger partial charge is 0.232 e. The Hall–Kier alpha value is -3.26. The number of likely N-dealkylation sites (tertiary alicyclic amines) is 2. The van der Waals surface area contributed by atoms with Crippen LogP contribution in [-0.4, -0.2) is 76.9 Å². The Balaban J connectivity index is 1.03. The van der Waals surface area contributed by atoms with Gasteiger partial charge < -0.3 is 15.6 Å². The molecule has 0 spiro atoms. The standard InChI is InChI=1S/C39H55N5O2/c1-31(2)44(36-20-26-43(27-21-36)29-32-28-41-22-18-37(32)45)24-13-5-3-4-12-23-42-25-19-35(30-42)39(38(40)46,33-14-8-6-9-15-33)34-16-10-7-11-17-34/h6-11,14-18,22,28,31,35-36H,3-5,12-13,19-21,23-27,29-30H2,1-2H3,(H2,40,46)(H,41,45)/t35-/m1/s1. The van der Waals surface area contributed by atoms with Crippen molar-refractivity contribution in [2.45, 2.75) is 89.3 Å². The van der Waals surface area contributed by atoms with Crippen molar-refractivity contribution in [1.29, 1.82) is 0 Å². The minimum absolute atomic E-state index is 0.130. The molecule has 1 atom stereocenters. The van der Waals surface area contributed by atoms with Gasteiger partial charge in [0, 0.05) is 49.2 Å². The Morgan fingerprint density at radius 2 is 1.48 bits per heavy atom. The van der Waals surface area contributed by atoms with Gasteiger partial charge in [0.25, 0.3) is 0 Å². The number of rotatable bonds is 16. The number of H-pyrrole nitrogens is 1. The summed E-state index contributed by atoms with van der Waals surface area (Å²) >= 11 is 0. The van der Waals surface area contributed by atoms with Gasteiger partial charge in [0.2, 0.25) is 5.91 Å². The third-order valence-electron chi connectivity index (χ3n) is 10.6. The van der Waals surface area contributed by atoms with Gasteiger partial charge in [0.05, 0.1) is 0 Å². The van der Waals surface area contributed by atoms with Gasteiger partial charge in [-0.1, -0.05) is 79.9 Å². The highest BCUT2D eigenvalue weighted by Gasteiger charge is 2.49. The predicted molar refractivity (Wildman–Crippen MR) is 188 cm³/mol. The first-order valence-electron chi connectivity index (χ1n) is 17.7. The zero-order valence-electron chi connectivity index (χ0n) is 28.1. The number of carbonyl (C=O) groups excluding carboxylic acids is 1. The molecular weight excluding hydrogens is 570 g/mol. The van der Waals surface area contributed by atoms with Crippen LogP contribution < -0.4 is 11.2 Å². The number of unbranched alkanes of at least 4 members (excludes halogenated alkanes) is 4. The van der Waals surface area contributed by atoms with Crippen molar-refractivity contribution in [2.24, 2.45) is 11.7 Å². The lowest BCUT2D eigenvalue weighted by Gasteiger charge is -2.40. The Morgan fingerprint density at radius 1 is 0.870 bits per heavy atom. The van der Waals surface area contributed by atoms with Crippen molar-refractivity contribution in [3.8, 4) is 0 Å². The highest BCUT2D eigenvalue weighted by Crippen LogP contribution is 2.43. The van der Waals surface area contributed by atoms with Crippen LogP contribution >= 0.6 is 0 Å². The van der Waals surface area contributed by atoms with E-state index in [0.29, 0.717) is 12.1 Å². The number of aromatic amines is 1. The Kier molecular flexibility index (Phi) is 12.2. The fraction of sp³-hybridized carbons (Fsp3) is 0.538. The number of hydrogen-bond donors (Lipinski definition) is 2. The number of nitrogens with two attached hydrogens (primary N) is 1. The first kappa shape index (κ1) is 34.1. The fourth-order valence-corrected chi connectivity index (χ4v) is 8.16. The van der Waals surface area contributed by atoms with Gasteiger partial charge in [0.15, 0.2) is 5.43 Å². The van der Waals surface area contributed by atoms with E-state index in [1.807, 2.05) is 42.6 Å². The molecule has 5 rings (SSSR count). The lowest BCUT2D eigenvalue weighted by molar-refractivity contribution is -0.123. The molecule has 2 fully saturated rings. The van der Waals surface area contributed by atoms with Crippen molar-refractivity contribution >= 4 is 5.91 Å². The first-order valence-corrected chi connectivity index (χ1v) is 17.7. The van der Waals surface area contributed by atoms with Crippen LogP contribution in [0.2, 0.25) is 0 Å². The molecule has 0 radical (unpaired) electrons. The molecule has 248 valence electrons. The zero-order valence-corrected chi connectivity index (χ0v) is 28.1. The number of aromatic nitrogens is 1. The second-order valence-electron chi connectivity index (χ2n) is 13.8. The maximum atomic E-state index is 13.3. The molecule has 2 aromatic carbocycles. The summed E-state index contributed by atoms with van der Waals surface area (Å²) in [5.74, 6) is -0.0915. The number of nitrogens with one attached hydrogen (secondary N) is 1. The van der Waals surface area contributed by atoms with Crippen LogP contribution in [0.1, 0.15) is 81.9 Å². The summed E-state index contributed by atoms with van der Waals surface area (Å²) < 4.78 is 0. The molecule has 0 unspecified atom stereocenters. The molecule has 46 heavy (non-hydrogen) atoms. The first-order chi connectivity index (χ1) is 22.4. The van der Waals surface area contributed by atoms with Gasteiger partial charge >= 0.3 is 0 Å². The van der Waals surface area contributed by atoms with E-state index in [1.165, 1.54) is 51.5 Å². The minimum atomic E-state index is -0.808. The third-order valence-corrected chi connectivity index (χ3v) is 10.6. The molecule has 0 aliphatic carbocycles. The number of hydrogen-bond acceptors (Lipinski definition) is 5. The Bertz CT molecular complexity index is 1360. The monoisotopic (exact) mass is 625 g/mol. The lowest BCUT2D eigenvalue weighted by Crippen LogP contribution is -2.49. The summed E-state index contributed by atoms with van der Waals surface area (Å²) in [6.07, 6.45) is 13.1. The quantitative estimate of drug-likeness (QED) is 0.197. The summed E-state index contributed by atoms with van der Waals surface area (Å²) in [4.78, 5) is 36.2. The number of amides is 1. The molecule has 3 aromatic rings. The fourth-order valence-electron chi connectivity index (χ4n) is 8.16. The molecule has 1 amide bonds. The van der Waals surface area contributed by atoms with E-state index in [9.17, 15) is 9.59 Å². The summed E-state index contributed by atoms with van der Waals surface area (Å²) in [5, 5.41) is 0. The largest absolute Gasteiger partial charge is 0.369 e. The number of pyridine rings is 1. The molecule has 7 nitrogen and oxygen atoms in total. The summed E-state index contributed by atoms with van der Waals surface area (Å²) in [6.45, 7) is 11.7. The molecule has 7 heteroatoms. The van der Waals surface area contributed by atoms with E-state index in [1.54, 1.807) is 12.3 Å². The minimum Gasteiger partial charge on any atom is -0.369 e. The number of primary amides is 1. The van der Waals surface area contributed by atoms with Crippen LogP contribution in [0.25, 0.3) is 0 Å². The zero-order chi connectivity index (χ0) is 32.4. The van der Waals surface area contributed by atoms with Crippen LogP contribution in [0.5, 0.6) is 0 Å². The van der Waals surface area contributed by atoms with Gasteiger partial charge in [-0.15, -0.1) is 0 Å². The summed E-state index contributed by atoms with van der Waals surface area (Å²) in [7, 11) is 0. The second kappa shape index (κ2) is 16.5. The number of nitrogens with zero attached hydrogens (tertiary/aromatic N) is 3. The predicted octanol–water partition coefficient (Wildman–Crippen LogP) is 5.79. The van der Waals surface area contributed by atoms with Gasteiger partial charge in [0.1, 0.15) is 5.41 Å². The molecule has 2 saturated heterocycles. The number of piperidine rings is 1. The van der Waals surface area contributed by atoms with Crippen LogP contribution in [0.3, 0.4) is 0 Å². The van der Waals surface area contributed by atoms with Crippen LogP contribution in [0.15, 0.2) is 83.9 Å². The average molecular weight is 626 g/mol. The van der Waals surface area contributed by atoms with E-state index in [4.69, 9.17) is 5.73 Å². The number of carbonyl (C=O) groups is 1. The van der Waals surface area contributed by atoms with Gasteiger partial charge in [-0.3, -0.25) is 19.4 Å². The number of benzene rings is 2. The van der Waals surface area contributed by atoms with Gasteiger partial charge in [-0.05, 0) is 95.7 Å². The molecule has 2 aliphatic rings. The molecule has 3 N–H and O–H groups in total. The highest BCUT2D eigenvalue weighted by molar-refractivity contribution is 5.91. The third kappa shape index (κ3) is 8.17. The van der Waals surface area contributed by atoms with Crippen molar-refractivity contribution < 1.29 is 4.79 Å². The summed E-state index contributed by atoms with van der Waals surface area (Å²) in [5.41, 5.74) is 8.48. The summed E-state index contributed by atoms with van der Waals surface area (Å²) in [6, 6.07) is 23.2. The highest BCUT2D eigenvalue weighted by atomic mass is 16.1. The molecular formula is C39H55N5O2. The van der Waals surface area contributed by atoms with E-state index in [-0.39, 0.29) is 17.3 Å². The second-order valence-corrected chi connectivity index (χ2v) is 13.8. The van der Waals surface area contributed by atoms with E-state index < -0.39 is 5.41 Å². The SMILES string of the molecule is CC(C)N(CCCCCCCN1CC[C@@H](C(C(N)=O)(c2ccccc2)c2ccccc2)C1)C1CCN(Cc2c[nH]ccc2=O)CC1. The molecule has 2 aliphatic heterocycles.